The largest absolute Gasteiger partial charge is 0.352 e. The molecule has 1 saturated carbocycles. The molecule has 0 radical (unpaired) electrons. The van der Waals surface area contributed by atoms with E-state index in [1.54, 1.807) is 6.08 Å². The highest BCUT2D eigenvalue weighted by Gasteiger charge is 2.23. The number of carbonyl (C=O) groups is 2. The van der Waals surface area contributed by atoms with E-state index in [-0.39, 0.29) is 11.9 Å². The Labute approximate surface area is 132 Å². The second-order valence-corrected chi connectivity index (χ2v) is 6.19. The van der Waals surface area contributed by atoms with Gasteiger partial charge in [0.25, 0.3) is 0 Å². The topological polar surface area (TPSA) is 64.7 Å². The summed E-state index contributed by atoms with van der Waals surface area (Å²) in [6.45, 7) is 8.15. The van der Waals surface area contributed by atoms with Crippen LogP contribution in [0.2, 0.25) is 0 Å². The number of nitrogens with zero attached hydrogens (tertiary/aromatic N) is 2. The third-order valence-electron chi connectivity index (χ3n) is 4.49. The Morgan fingerprint density at radius 3 is 2.41 bits per heavy atom. The average molecular weight is 308 g/mol. The number of rotatable bonds is 6. The van der Waals surface area contributed by atoms with Gasteiger partial charge in [-0.1, -0.05) is 18.9 Å². The maximum Gasteiger partial charge on any atom is 0.317 e. The van der Waals surface area contributed by atoms with E-state index >= 15 is 0 Å². The summed E-state index contributed by atoms with van der Waals surface area (Å²) in [6, 6.07) is 0.0441. The molecule has 1 aliphatic carbocycles. The zero-order valence-electron chi connectivity index (χ0n) is 13.4. The van der Waals surface area contributed by atoms with Gasteiger partial charge < -0.3 is 15.5 Å². The zero-order chi connectivity index (χ0) is 15.8. The molecule has 1 heterocycles. The molecule has 0 spiro atoms. The minimum Gasteiger partial charge on any atom is -0.352 e. The van der Waals surface area contributed by atoms with E-state index in [1.165, 1.54) is 25.7 Å². The van der Waals surface area contributed by atoms with Crippen LogP contribution >= 0.6 is 0 Å². The van der Waals surface area contributed by atoms with E-state index in [4.69, 9.17) is 0 Å². The van der Waals surface area contributed by atoms with E-state index in [0.29, 0.717) is 32.1 Å². The van der Waals surface area contributed by atoms with Crippen molar-refractivity contribution in [1.29, 1.82) is 0 Å². The molecule has 2 fully saturated rings. The van der Waals surface area contributed by atoms with Crippen molar-refractivity contribution in [2.24, 2.45) is 5.92 Å². The monoisotopic (exact) mass is 308 g/mol. The van der Waals surface area contributed by atoms with Gasteiger partial charge in [-0.05, 0) is 18.8 Å². The minimum absolute atomic E-state index is 0.0130. The van der Waals surface area contributed by atoms with Crippen LogP contribution in [0.1, 0.15) is 25.7 Å². The first-order chi connectivity index (χ1) is 10.7. The summed E-state index contributed by atoms with van der Waals surface area (Å²) in [6.07, 6.45) is 6.76. The molecule has 22 heavy (non-hydrogen) atoms. The van der Waals surface area contributed by atoms with Crippen LogP contribution in [0, 0.1) is 5.92 Å². The zero-order valence-corrected chi connectivity index (χ0v) is 13.4. The van der Waals surface area contributed by atoms with E-state index in [9.17, 15) is 9.59 Å². The van der Waals surface area contributed by atoms with Gasteiger partial charge in [-0.2, -0.15) is 0 Å². The van der Waals surface area contributed by atoms with Crippen LogP contribution in [0.3, 0.4) is 0 Å². The first kappa shape index (κ1) is 16.8. The fourth-order valence-corrected chi connectivity index (χ4v) is 3.11. The first-order valence-corrected chi connectivity index (χ1v) is 8.31. The molecule has 3 amide bonds. The van der Waals surface area contributed by atoms with Crippen LogP contribution in [-0.4, -0.2) is 67.6 Å². The molecule has 1 aliphatic heterocycles. The lowest BCUT2D eigenvalue weighted by Gasteiger charge is -2.34. The molecule has 0 bridgehead atoms. The number of urea groups is 1. The van der Waals surface area contributed by atoms with Gasteiger partial charge in [-0.15, -0.1) is 6.58 Å². The maximum atomic E-state index is 12.1. The number of hydrogen-bond donors (Lipinski definition) is 2. The molecule has 0 aromatic rings. The van der Waals surface area contributed by atoms with Crippen molar-refractivity contribution < 1.29 is 9.59 Å². The minimum atomic E-state index is 0.0130. The Morgan fingerprint density at radius 2 is 1.77 bits per heavy atom. The quantitative estimate of drug-likeness (QED) is 0.714. The van der Waals surface area contributed by atoms with Crippen molar-refractivity contribution in [2.75, 3.05) is 45.8 Å². The second-order valence-electron chi connectivity index (χ2n) is 6.19. The normalized spacial score (nSPS) is 19.9. The molecule has 2 rings (SSSR count). The smallest absolute Gasteiger partial charge is 0.317 e. The van der Waals surface area contributed by atoms with Gasteiger partial charge in [0, 0.05) is 39.3 Å². The highest BCUT2D eigenvalue weighted by molar-refractivity contribution is 5.78. The molecule has 0 aromatic heterocycles. The number of hydrogen-bond acceptors (Lipinski definition) is 3. The van der Waals surface area contributed by atoms with Crippen molar-refractivity contribution in [3.8, 4) is 0 Å². The molecular weight excluding hydrogens is 280 g/mol. The van der Waals surface area contributed by atoms with Gasteiger partial charge >= 0.3 is 6.03 Å². The Balaban J connectivity index is 1.62. The molecule has 2 N–H and O–H groups in total. The summed E-state index contributed by atoms with van der Waals surface area (Å²) in [5.41, 5.74) is 0. The maximum absolute atomic E-state index is 12.1. The molecular formula is C16H28N4O2. The summed E-state index contributed by atoms with van der Waals surface area (Å²) in [4.78, 5) is 27.7. The Kier molecular flexibility index (Phi) is 6.71. The lowest BCUT2D eigenvalue weighted by atomic mass is 10.1. The highest BCUT2D eigenvalue weighted by atomic mass is 16.2. The van der Waals surface area contributed by atoms with Gasteiger partial charge in [0.05, 0.1) is 6.54 Å². The van der Waals surface area contributed by atoms with Gasteiger partial charge in [-0.25, -0.2) is 4.79 Å². The van der Waals surface area contributed by atoms with E-state index < -0.39 is 0 Å². The van der Waals surface area contributed by atoms with Crippen LogP contribution in [0.25, 0.3) is 0 Å². The SMILES string of the molecule is C=CCNC(=O)CN1CCN(C(=O)NCC2CCCC2)CC1. The standard InChI is InChI=1S/C16H28N4O2/c1-2-7-17-15(21)13-19-8-10-20(11-9-19)16(22)18-12-14-5-3-4-6-14/h2,14H,1,3-13H2,(H,17,21)(H,18,22). The number of carbonyl (C=O) groups excluding carboxylic acids is 2. The summed E-state index contributed by atoms with van der Waals surface area (Å²) < 4.78 is 0. The van der Waals surface area contributed by atoms with Gasteiger partial charge in [0.15, 0.2) is 0 Å². The van der Waals surface area contributed by atoms with Gasteiger partial charge in [0.2, 0.25) is 5.91 Å². The van der Waals surface area contributed by atoms with Crippen molar-refractivity contribution in [1.82, 2.24) is 20.4 Å². The second kappa shape index (κ2) is 8.78. The molecule has 0 atom stereocenters. The average Bonchev–Trinajstić information content (AvgIpc) is 3.05. The van der Waals surface area contributed by atoms with Crippen LogP contribution in [0.4, 0.5) is 4.79 Å². The van der Waals surface area contributed by atoms with Crippen LogP contribution in [-0.2, 0) is 4.79 Å². The summed E-state index contributed by atoms with van der Waals surface area (Å²) in [7, 11) is 0. The Bertz CT molecular complexity index is 386. The predicted molar refractivity (Wildman–Crippen MR) is 86.6 cm³/mol. The third-order valence-corrected chi connectivity index (χ3v) is 4.49. The van der Waals surface area contributed by atoms with Crippen molar-refractivity contribution >= 4 is 11.9 Å². The number of amides is 3. The van der Waals surface area contributed by atoms with Gasteiger partial charge in [0.1, 0.15) is 0 Å². The van der Waals surface area contributed by atoms with Crippen molar-refractivity contribution in [2.45, 2.75) is 25.7 Å². The van der Waals surface area contributed by atoms with Crippen molar-refractivity contribution in [3.63, 3.8) is 0 Å². The lowest BCUT2D eigenvalue weighted by Crippen LogP contribution is -2.53. The fraction of sp³-hybridized carbons (Fsp3) is 0.750. The first-order valence-electron chi connectivity index (χ1n) is 8.31. The number of nitrogens with one attached hydrogen (secondary N) is 2. The van der Waals surface area contributed by atoms with Crippen LogP contribution < -0.4 is 10.6 Å². The van der Waals surface area contributed by atoms with E-state index in [2.05, 4.69) is 22.1 Å². The molecule has 6 nitrogen and oxygen atoms in total. The number of piperazine rings is 1. The third kappa shape index (κ3) is 5.33. The van der Waals surface area contributed by atoms with Crippen LogP contribution in [0.5, 0.6) is 0 Å². The Morgan fingerprint density at radius 1 is 1.09 bits per heavy atom. The Hall–Kier alpha value is -1.56. The summed E-state index contributed by atoms with van der Waals surface area (Å²) in [5.74, 6) is 0.679. The lowest BCUT2D eigenvalue weighted by molar-refractivity contribution is -0.122. The van der Waals surface area contributed by atoms with Crippen LogP contribution in [0.15, 0.2) is 12.7 Å². The fourth-order valence-electron chi connectivity index (χ4n) is 3.11. The predicted octanol–water partition coefficient (Wildman–Crippen LogP) is 0.806. The molecule has 124 valence electrons. The molecule has 1 saturated heterocycles. The molecule has 6 heteroatoms. The van der Waals surface area contributed by atoms with Gasteiger partial charge in [-0.3, -0.25) is 9.69 Å². The molecule has 0 unspecified atom stereocenters. The molecule has 2 aliphatic rings. The van der Waals surface area contributed by atoms with Crippen molar-refractivity contribution in [3.05, 3.63) is 12.7 Å². The van der Waals surface area contributed by atoms with E-state index in [1.807, 2.05) is 4.90 Å². The molecule has 0 aromatic carbocycles. The van der Waals surface area contributed by atoms with E-state index in [0.717, 1.165) is 19.6 Å². The highest BCUT2D eigenvalue weighted by Crippen LogP contribution is 2.23. The summed E-state index contributed by atoms with van der Waals surface area (Å²) >= 11 is 0. The summed E-state index contributed by atoms with van der Waals surface area (Å²) in [5, 5.41) is 5.83.